The highest BCUT2D eigenvalue weighted by atomic mass is 19.4. The number of carbonyl (C=O) groups excluding carboxylic acids is 1. The summed E-state index contributed by atoms with van der Waals surface area (Å²) in [4.78, 5) is 15.3. The number of nitrogens with one attached hydrogen (secondary N) is 1. The number of nitrogens with zero attached hydrogens (tertiary/aromatic N) is 5. The van der Waals surface area contributed by atoms with E-state index >= 15 is 0 Å². The largest absolute Gasteiger partial charge is 0.492 e. The standard InChI is InChI=1S/C29H33F3N6O2/c1-18-7-8-24(40-10-9-36(3)4)14-25(18)28(39)34-19(2)20-11-21(23-16-33-37(5)17-23)13-22(12-20)26-15-27(29(30,31)32)35-38(26)6/h7-8,11-17,19H,9-10H2,1-6H3,(H,34,39)/t19-/m1/s1. The number of rotatable bonds is 9. The van der Waals surface area contributed by atoms with Crippen molar-refractivity contribution in [3.05, 3.63) is 77.2 Å². The minimum atomic E-state index is -4.57. The average molecular weight is 555 g/mol. The first kappa shape index (κ1) is 28.9. The number of alkyl halides is 3. The van der Waals surface area contributed by atoms with Gasteiger partial charge in [-0.2, -0.15) is 23.4 Å². The Bertz CT molecular complexity index is 1510. The highest BCUT2D eigenvalue weighted by Crippen LogP contribution is 2.34. The van der Waals surface area contributed by atoms with E-state index < -0.39 is 17.9 Å². The Morgan fingerprint density at radius 2 is 1.80 bits per heavy atom. The maximum atomic E-state index is 13.4. The van der Waals surface area contributed by atoms with Crippen LogP contribution in [-0.4, -0.2) is 57.6 Å². The smallest absolute Gasteiger partial charge is 0.435 e. The van der Waals surface area contributed by atoms with E-state index in [4.69, 9.17) is 4.74 Å². The van der Waals surface area contributed by atoms with Gasteiger partial charge in [-0.15, -0.1) is 0 Å². The van der Waals surface area contributed by atoms with Crippen LogP contribution >= 0.6 is 0 Å². The zero-order valence-corrected chi connectivity index (χ0v) is 23.4. The van der Waals surface area contributed by atoms with E-state index in [-0.39, 0.29) is 5.91 Å². The van der Waals surface area contributed by atoms with Gasteiger partial charge in [0.15, 0.2) is 5.69 Å². The fraction of sp³-hybridized carbons (Fsp3) is 0.345. The molecule has 8 nitrogen and oxygen atoms in total. The predicted molar refractivity (Wildman–Crippen MR) is 147 cm³/mol. The van der Waals surface area contributed by atoms with E-state index in [1.807, 2.05) is 57.2 Å². The quantitative estimate of drug-likeness (QED) is 0.306. The summed E-state index contributed by atoms with van der Waals surface area (Å²) < 4.78 is 48.8. The van der Waals surface area contributed by atoms with Crippen LogP contribution in [0.4, 0.5) is 13.2 Å². The average Bonchev–Trinajstić information content (AvgIpc) is 3.50. The molecule has 1 N–H and O–H groups in total. The second-order valence-corrected chi connectivity index (χ2v) is 10.1. The number of amides is 1. The Morgan fingerprint density at radius 3 is 2.42 bits per heavy atom. The third-order valence-corrected chi connectivity index (χ3v) is 6.57. The number of aromatic nitrogens is 4. The zero-order chi connectivity index (χ0) is 29.2. The normalized spacial score (nSPS) is 12.6. The number of likely N-dealkylation sites (N-methyl/N-ethyl adjacent to an activating group) is 1. The lowest BCUT2D eigenvalue weighted by Crippen LogP contribution is -2.27. The first-order chi connectivity index (χ1) is 18.8. The molecule has 0 spiro atoms. The van der Waals surface area contributed by atoms with Crippen LogP contribution in [0.3, 0.4) is 0 Å². The molecule has 0 bridgehead atoms. The van der Waals surface area contributed by atoms with Crippen LogP contribution in [-0.2, 0) is 20.3 Å². The van der Waals surface area contributed by atoms with Gasteiger partial charge in [0.05, 0.1) is 17.9 Å². The van der Waals surface area contributed by atoms with Crippen molar-refractivity contribution in [3.63, 3.8) is 0 Å². The molecule has 1 amide bonds. The number of aryl methyl sites for hydroxylation is 3. The molecule has 0 saturated heterocycles. The van der Waals surface area contributed by atoms with E-state index in [1.165, 1.54) is 11.7 Å². The van der Waals surface area contributed by atoms with Gasteiger partial charge in [0, 0.05) is 43.5 Å². The number of hydrogen-bond acceptors (Lipinski definition) is 5. The van der Waals surface area contributed by atoms with Crippen LogP contribution in [0, 0.1) is 6.92 Å². The SMILES string of the molecule is Cc1ccc(OCCN(C)C)cc1C(=O)N[C@H](C)c1cc(-c2cnn(C)c2)cc(-c2cc(C(F)(F)F)nn2C)c1. The lowest BCUT2D eigenvalue weighted by atomic mass is 9.96. The number of ether oxygens (including phenoxy) is 1. The summed E-state index contributed by atoms with van der Waals surface area (Å²) in [6.07, 6.45) is -1.06. The molecule has 0 saturated carbocycles. The lowest BCUT2D eigenvalue weighted by molar-refractivity contribution is -0.141. The van der Waals surface area contributed by atoms with Crippen molar-refractivity contribution in [3.8, 4) is 28.1 Å². The lowest BCUT2D eigenvalue weighted by Gasteiger charge is -2.18. The van der Waals surface area contributed by atoms with E-state index in [9.17, 15) is 18.0 Å². The van der Waals surface area contributed by atoms with Gasteiger partial charge in [-0.1, -0.05) is 6.07 Å². The van der Waals surface area contributed by atoms with Crippen molar-refractivity contribution in [2.45, 2.75) is 26.1 Å². The summed E-state index contributed by atoms with van der Waals surface area (Å²) in [5, 5.41) is 10.9. The molecule has 0 radical (unpaired) electrons. The van der Waals surface area contributed by atoms with E-state index in [2.05, 4.69) is 15.5 Å². The van der Waals surface area contributed by atoms with Gasteiger partial charge in [-0.05, 0) is 81.0 Å². The molecule has 0 aliphatic heterocycles. The molecule has 4 rings (SSSR count). The minimum Gasteiger partial charge on any atom is -0.492 e. The third kappa shape index (κ3) is 6.71. The predicted octanol–water partition coefficient (Wildman–Crippen LogP) is 5.25. The van der Waals surface area contributed by atoms with Crippen molar-refractivity contribution < 1.29 is 22.7 Å². The van der Waals surface area contributed by atoms with Crippen LogP contribution in [0.25, 0.3) is 22.4 Å². The van der Waals surface area contributed by atoms with Gasteiger partial charge in [-0.3, -0.25) is 14.2 Å². The molecule has 2 heterocycles. The van der Waals surface area contributed by atoms with Gasteiger partial charge < -0.3 is 15.0 Å². The molecule has 2 aromatic heterocycles. The van der Waals surface area contributed by atoms with Gasteiger partial charge >= 0.3 is 6.18 Å². The van der Waals surface area contributed by atoms with E-state index in [1.54, 1.807) is 36.1 Å². The molecule has 2 aromatic carbocycles. The topological polar surface area (TPSA) is 77.2 Å². The maximum absolute atomic E-state index is 13.4. The zero-order valence-electron chi connectivity index (χ0n) is 23.4. The minimum absolute atomic E-state index is 0.281. The first-order valence-electron chi connectivity index (χ1n) is 12.8. The van der Waals surface area contributed by atoms with Crippen LogP contribution < -0.4 is 10.1 Å². The van der Waals surface area contributed by atoms with Crippen LogP contribution in [0.15, 0.2) is 54.9 Å². The summed E-state index contributed by atoms with van der Waals surface area (Å²) in [6.45, 7) is 4.91. The molecule has 11 heteroatoms. The molecular formula is C29H33F3N6O2. The number of benzene rings is 2. The molecule has 40 heavy (non-hydrogen) atoms. The Morgan fingerprint density at radius 1 is 1.07 bits per heavy atom. The Balaban J connectivity index is 1.66. The second kappa shape index (κ2) is 11.5. The Labute approximate surface area is 231 Å². The summed E-state index contributed by atoms with van der Waals surface area (Å²) in [5.41, 5.74) is 3.41. The van der Waals surface area contributed by atoms with E-state index in [0.717, 1.165) is 34.9 Å². The first-order valence-corrected chi connectivity index (χ1v) is 12.8. The van der Waals surface area contributed by atoms with Gasteiger partial charge in [0.2, 0.25) is 0 Å². The van der Waals surface area contributed by atoms with E-state index in [0.29, 0.717) is 29.2 Å². The Kier molecular flexibility index (Phi) is 8.34. The fourth-order valence-electron chi connectivity index (χ4n) is 4.30. The van der Waals surface area contributed by atoms with Crippen molar-refractivity contribution in [1.29, 1.82) is 0 Å². The summed E-state index contributed by atoms with van der Waals surface area (Å²) in [5.74, 6) is 0.319. The van der Waals surface area contributed by atoms with Crippen LogP contribution in [0.5, 0.6) is 5.75 Å². The van der Waals surface area contributed by atoms with Gasteiger partial charge in [0.1, 0.15) is 12.4 Å². The molecular weight excluding hydrogens is 521 g/mol. The monoisotopic (exact) mass is 554 g/mol. The van der Waals surface area contributed by atoms with Crippen molar-refractivity contribution in [1.82, 2.24) is 29.8 Å². The second-order valence-electron chi connectivity index (χ2n) is 10.1. The molecule has 1 atom stereocenters. The highest BCUT2D eigenvalue weighted by Gasteiger charge is 2.34. The fourth-order valence-corrected chi connectivity index (χ4v) is 4.30. The summed E-state index contributed by atoms with van der Waals surface area (Å²) >= 11 is 0. The molecule has 0 aliphatic rings. The molecule has 0 aliphatic carbocycles. The Hall–Kier alpha value is -4.12. The number of carbonyl (C=O) groups is 1. The molecule has 4 aromatic rings. The van der Waals surface area contributed by atoms with Gasteiger partial charge in [-0.25, -0.2) is 0 Å². The van der Waals surface area contributed by atoms with Crippen LogP contribution in [0.1, 0.15) is 40.1 Å². The van der Waals surface area contributed by atoms with Gasteiger partial charge in [0.25, 0.3) is 5.91 Å². The van der Waals surface area contributed by atoms with Crippen molar-refractivity contribution in [2.24, 2.45) is 14.1 Å². The molecule has 212 valence electrons. The molecule has 0 unspecified atom stereocenters. The third-order valence-electron chi connectivity index (χ3n) is 6.57. The highest BCUT2D eigenvalue weighted by molar-refractivity contribution is 5.96. The summed E-state index contributed by atoms with van der Waals surface area (Å²) in [7, 11) is 7.17. The van der Waals surface area contributed by atoms with Crippen LogP contribution in [0.2, 0.25) is 0 Å². The molecule has 0 fully saturated rings. The van der Waals surface area contributed by atoms with Crippen molar-refractivity contribution in [2.75, 3.05) is 27.2 Å². The van der Waals surface area contributed by atoms with Crippen molar-refractivity contribution >= 4 is 5.91 Å². The summed E-state index contributed by atoms with van der Waals surface area (Å²) in [6, 6.07) is 11.4. The number of halogens is 3. The maximum Gasteiger partial charge on any atom is 0.435 e. The number of hydrogen-bond donors (Lipinski definition) is 1.